The smallest absolute Gasteiger partial charge is 0.189 e. The van der Waals surface area contributed by atoms with E-state index in [1.165, 1.54) is 0 Å². The molecule has 2 aromatic carbocycles. The van der Waals surface area contributed by atoms with Gasteiger partial charge in [-0.15, -0.1) is 0 Å². The zero-order chi connectivity index (χ0) is 24.2. The maximum Gasteiger partial charge on any atom is 0.189 e. The van der Waals surface area contributed by atoms with E-state index in [2.05, 4.69) is 0 Å². The van der Waals surface area contributed by atoms with Gasteiger partial charge in [-0.2, -0.15) is 0 Å². The van der Waals surface area contributed by atoms with Gasteiger partial charge in [0.15, 0.2) is 59.1 Å². The Morgan fingerprint density at radius 1 is 0.485 bits per heavy atom. The highest BCUT2D eigenvalue weighted by Gasteiger charge is 2.45. The largest absolute Gasteiger partial charge is 0.394 e. The molecule has 2 aliphatic heterocycles. The second-order valence-electron chi connectivity index (χ2n) is 7.57. The van der Waals surface area contributed by atoms with Gasteiger partial charge in [-0.25, -0.2) is 35.1 Å². The Balaban J connectivity index is 1.49. The SMILES string of the molecule is Nc1c(F)c(F)c(C2OCC3(CO2)COC(c2c(F)c(F)c(N)c(F)c2F)OC3)c(F)c1F. The number of ether oxygens (including phenoxy) is 4. The summed E-state index contributed by atoms with van der Waals surface area (Å²) in [5.41, 5.74) is 3.66. The highest BCUT2D eigenvalue weighted by atomic mass is 19.2. The number of hydrogen-bond donors (Lipinski definition) is 2. The van der Waals surface area contributed by atoms with Gasteiger partial charge in [-0.1, -0.05) is 0 Å². The second kappa shape index (κ2) is 8.27. The van der Waals surface area contributed by atoms with Crippen LogP contribution in [0.4, 0.5) is 46.5 Å². The van der Waals surface area contributed by atoms with Crippen molar-refractivity contribution in [3.05, 3.63) is 57.7 Å². The molecule has 0 saturated carbocycles. The molecule has 6 nitrogen and oxygen atoms in total. The molecule has 33 heavy (non-hydrogen) atoms. The van der Waals surface area contributed by atoms with Gasteiger partial charge < -0.3 is 30.4 Å². The van der Waals surface area contributed by atoms with Crippen LogP contribution in [0.25, 0.3) is 0 Å². The first kappa shape index (κ1) is 23.5. The van der Waals surface area contributed by atoms with E-state index in [0.29, 0.717) is 0 Å². The molecule has 1 spiro atoms. The predicted octanol–water partition coefficient (Wildman–Crippen LogP) is 3.74. The topological polar surface area (TPSA) is 89.0 Å². The van der Waals surface area contributed by atoms with E-state index in [1.807, 2.05) is 0 Å². The molecule has 2 aliphatic rings. The van der Waals surface area contributed by atoms with Crippen molar-refractivity contribution in [2.24, 2.45) is 5.41 Å². The van der Waals surface area contributed by atoms with Gasteiger partial charge in [-0.05, 0) is 0 Å². The lowest BCUT2D eigenvalue weighted by Crippen LogP contribution is -2.49. The lowest BCUT2D eigenvalue weighted by atomic mass is 9.90. The molecule has 0 atom stereocenters. The number of halogens is 8. The standard InChI is InChI=1S/C19H14F8N2O4/c20-7-5(8(21)12(25)15(28)11(7)24)17-30-1-19(2-31-17)3-32-18(33-4-19)6-9(22)13(26)16(29)14(27)10(6)23/h17-18H,1-4,28-29H2. The molecule has 0 aliphatic carbocycles. The summed E-state index contributed by atoms with van der Waals surface area (Å²) in [6.07, 6.45) is -3.71. The first-order valence-corrected chi connectivity index (χ1v) is 9.18. The van der Waals surface area contributed by atoms with Gasteiger partial charge in [0.1, 0.15) is 11.4 Å². The highest BCUT2D eigenvalue weighted by molar-refractivity contribution is 5.46. The first-order valence-electron chi connectivity index (χ1n) is 9.18. The minimum atomic E-state index is -1.85. The van der Waals surface area contributed by atoms with E-state index in [0.717, 1.165) is 0 Å². The molecule has 0 radical (unpaired) electrons. The van der Waals surface area contributed by atoms with Crippen LogP contribution in [-0.2, 0) is 18.9 Å². The summed E-state index contributed by atoms with van der Waals surface area (Å²) in [5.74, 6) is -14.5. The van der Waals surface area contributed by atoms with Gasteiger partial charge >= 0.3 is 0 Å². The number of benzene rings is 2. The Bertz CT molecular complexity index is 967. The molecular formula is C19H14F8N2O4. The van der Waals surface area contributed by atoms with Gasteiger partial charge in [0.05, 0.1) is 43.0 Å². The highest BCUT2D eigenvalue weighted by Crippen LogP contribution is 2.42. The fraction of sp³-hybridized carbons (Fsp3) is 0.368. The van der Waals surface area contributed by atoms with Crippen LogP contribution in [0.5, 0.6) is 0 Å². The Labute approximate surface area is 179 Å². The maximum absolute atomic E-state index is 14.1. The van der Waals surface area contributed by atoms with Crippen molar-refractivity contribution in [1.82, 2.24) is 0 Å². The Kier molecular flexibility index (Phi) is 5.88. The average molecular weight is 486 g/mol. The van der Waals surface area contributed by atoms with Crippen LogP contribution in [0.15, 0.2) is 0 Å². The van der Waals surface area contributed by atoms with Crippen molar-refractivity contribution in [1.29, 1.82) is 0 Å². The predicted molar refractivity (Wildman–Crippen MR) is 93.1 cm³/mol. The Morgan fingerprint density at radius 3 is 0.970 bits per heavy atom. The normalized spacial score (nSPS) is 25.6. The van der Waals surface area contributed by atoms with Crippen LogP contribution in [0, 0.1) is 52.0 Å². The fourth-order valence-corrected chi connectivity index (χ4v) is 3.43. The molecule has 0 amide bonds. The monoisotopic (exact) mass is 486 g/mol. The summed E-state index contributed by atoms with van der Waals surface area (Å²) in [5, 5.41) is 0. The molecule has 180 valence electrons. The minimum absolute atomic E-state index is 0.397. The third kappa shape index (κ3) is 3.66. The van der Waals surface area contributed by atoms with Crippen LogP contribution >= 0.6 is 0 Å². The van der Waals surface area contributed by atoms with Gasteiger partial charge in [-0.3, -0.25) is 0 Å². The average Bonchev–Trinajstić information content (AvgIpc) is 2.82. The summed E-state index contributed by atoms with van der Waals surface area (Å²) < 4.78 is 132. The lowest BCUT2D eigenvalue weighted by Gasteiger charge is -2.43. The molecule has 14 heteroatoms. The minimum Gasteiger partial charge on any atom is -0.394 e. The number of hydrogen-bond acceptors (Lipinski definition) is 6. The molecule has 4 N–H and O–H groups in total. The number of rotatable bonds is 2. The van der Waals surface area contributed by atoms with Crippen LogP contribution in [-0.4, -0.2) is 26.4 Å². The molecule has 2 fully saturated rings. The van der Waals surface area contributed by atoms with E-state index in [4.69, 9.17) is 30.4 Å². The maximum atomic E-state index is 14.1. The lowest BCUT2D eigenvalue weighted by molar-refractivity contribution is -0.309. The Hall–Kier alpha value is -2.68. The molecule has 2 saturated heterocycles. The Morgan fingerprint density at radius 2 is 0.727 bits per heavy atom. The first-order chi connectivity index (χ1) is 15.5. The summed E-state index contributed by atoms with van der Waals surface area (Å²) in [4.78, 5) is 0. The van der Waals surface area contributed by atoms with E-state index in [9.17, 15) is 35.1 Å². The summed E-state index contributed by atoms with van der Waals surface area (Å²) in [6.45, 7) is -1.59. The zero-order valence-electron chi connectivity index (χ0n) is 16.3. The molecule has 0 unspecified atom stereocenters. The van der Waals surface area contributed by atoms with Crippen LogP contribution < -0.4 is 11.5 Å². The van der Waals surface area contributed by atoms with E-state index in [-0.39, 0.29) is 0 Å². The second-order valence-corrected chi connectivity index (χ2v) is 7.57. The van der Waals surface area contributed by atoms with Gasteiger partial charge in [0.2, 0.25) is 0 Å². The molecule has 4 rings (SSSR count). The molecule has 2 aromatic rings. The summed E-state index contributed by atoms with van der Waals surface area (Å²) >= 11 is 0. The van der Waals surface area contributed by atoms with Crippen LogP contribution in [0.2, 0.25) is 0 Å². The van der Waals surface area contributed by atoms with E-state index < -0.39 is 113 Å². The third-order valence-electron chi connectivity index (χ3n) is 5.30. The van der Waals surface area contributed by atoms with Crippen LogP contribution in [0.3, 0.4) is 0 Å². The summed E-state index contributed by atoms with van der Waals surface area (Å²) in [7, 11) is 0. The van der Waals surface area contributed by atoms with Gasteiger partial charge in [0, 0.05) is 0 Å². The van der Waals surface area contributed by atoms with Crippen molar-refractivity contribution >= 4 is 11.4 Å². The zero-order valence-corrected chi connectivity index (χ0v) is 16.3. The summed E-state index contributed by atoms with van der Waals surface area (Å²) in [6, 6.07) is 0. The molecule has 2 heterocycles. The van der Waals surface area contributed by atoms with Crippen molar-refractivity contribution in [2.75, 3.05) is 37.9 Å². The number of anilines is 2. The van der Waals surface area contributed by atoms with Crippen molar-refractivity contribution in [3.63, 3.8) is 0 Å². The van der Waals surface area contributed by atoms with Crippen molar-refractivity contribution < 1.29 is 54.1 Å². The quantitative estimate of drug-likeness (QED) is 0.382. The van der Waals surface area contributed by atoms with Gasteiger partial charge in [0.25, 0.3) is 0 Å². The molecule has 0 aromatic heterocycles. The number of nitrogens with two attached hydrogens (primary N) is 2. The molecule has 0 bridgehead atoms. The third-order valence-corrected chi connectivity index (χ3v) is 5.30. The molecular weight excluding hydrogens is 472 g/mol. The fourth-order valence-electron chi connectivity index (χ4n) is 3.43. The van der Waals surface area contributed by atoms with E-state index in [1.54, 1.807) is 0 Å². The van der Waals surface area contributed by atoms with Crippen molar-refractivity contribution in [2.45, 2.75) is 12.6 Å². The van der Waals surface area contributed by atoms with Crippen LogP contribution in [0.1, 0.15) is 23.7 Å². The van der Waals surface area contributed by atoms with E-state index >= 15 is 0 Å². The number of nitrogen functional groups attached to an aromatic ring is 2. The van der Waals surface area contributed by atoms with Crippen molar-refractivity contribution in [3.8, 4) is 0 Å².